The van der Waals surface area contributed by atoms with Crippen LogP contribution in [0.3, 0.4) is 0 Å². The van der Waals surface area contributed by atoms with Crippen molar-refractivity contribution in [2.75, 3.05) is 13.7 Å². The lowest BCUT2D eigenvalue weighted by atomic mass is 10.1. The molecule has 27 heavy (non-hydrogen) atoms. The van der Waals surface area contributed by atoms with Gasteiger partial charge < -0.3 is 14.0 Å². The summed E-state index contributed by atoms with van der Waals surface area (Å²) in [6.07, 6.45) is -4.41. The Balaban J connectivity index is 2.17. The minimum Gasteiger partial charge on any atom is -0.493 e. The van der Waals surface area contributed by atoms with E-state index >= 15 is 0 Å². The van der Waals surface area contributed by atoms with Gasteiger partial charge in [0.15, 0.2) is 18.1 Å². The molecule has 2 rings (SSSR count). The van der Waals surface area contributed by atoms with Crippen LogP contribution in [0.2, 0.25) is 0 Å². The summed E-state index contributed by atoms with van der Waals surface area (Å²) in [5.74, 6) is -0.336. The molecule has 1 aromatic carbocycles. The largest absolute Gasteiger partial charge is 0.493 e. The first-order valence-electron chi connectivity index (χ1n) is 7.75. The first-order valence-corrected chi connectivity index (χ1v) is 7.75. The molecule has 0 amide bonds. The molecule has 0 radical (unpaired) electrons. The number of hydrogen-bond donors (Lipinski definition) is 0. The van der Waals surface area contributed by atoms with Crippen LogP contribution in [0, 0.1) is 24.0 Å². The molecule has 1 aromatic heterocycles. The molecule has 0 saturated carbocycles. The fraction of sp³-hybridized carbons (Fsp3) is 0.353. The minimum absolute atomic E-state index is 0.0690. The van der Waals surface area contributed by atoms with Gasteiger partial charge in [-0.1, -0.05) is 0 Å². The SMILES string of the molecule is COc1cc([N+](=O)[O-])ccc1OCC(=O)c1cc(C)n(CC(F)(F)F)c1C. The summed E-state index contributed by atoms with van der Waals surface area (Å²) in [7, 11) is 1.29. The van der Waals surface area contributed by atoms with Gasteiger partial charge in [0.05, 0.1) is 18.1 Å². The summed E-state index contributed by atoms with van der Waals surface area (Å²) in [5.41, 5.74) is 0.411. The molecule has 0 bridgehead atoms. The predicted octanol–water partition coefficient (Wildman–Crippen LogP) is 3.85. The number of aromatic nitrogens is 1. The highest BCUT2D eigenvalue weighted by atomic mass is 19.4. The van der Waals surface area contributed by atoms with Crippen LogP contribution in [-0.2, 0) is 6.54 Å². The molecular formula is C17H17F3N2O5. The summed E-state index contributed by atoms with van der Waals surface area (Å²) in [5, 5.41) is 10.8. The van der Waals surface area contributed by atoms with Gasteiger partial charge in [-0.3, -0.25) is 14.9 Å². The monoisotopic (exact) mass is 386 g/mol. The van der Waals surface area contributed by atoms with E-state index in [0.717, 1.165) is 10.6 Å². The van der Waals surface area contributed by atoms with Crippen molar-refractivity contribution in [2.24, 2.45) is 0 Å². The fourth-order valence-corrected chi connectivity index (χ4v) is 2.62. The summed E-state index contributed by atoms with van der Waals surface area (Å²) in [6.45, 7) is 1.27. The van der Waals surface area contributed by atoms with Crippen molar-refractivity contribution < 1.29 is 32.4 Å². The molecule has 0 N–H and O–H groups in total. The second-order valence-electron chi connectivity index (χ2n) is 5.79. The molecule has 0 aliphatic rings. The normalized spacial score (nSPS) is 11.3. The maximum atomic E-state index is 12.7. The van der Waals surface area contributed by atoms with E-state index in [0.29, 0.717) is 5.69 Å². The van der Waals surface area contributed by atoms with Crippen LogP contribution in [0.1, 0.15) is 21.7 Å². The fourth-order valence-electron chi connectivity index (χ4n) is 2.62. The molecule has 10 heteroatoms. The molecule has 0 fully saturated rings. The highest BCUT2D eigenvalue weighted by molar-refractivity contribution is 5.98. The number of rotatable bonds is 7. The van der Waals surface area contributed by atoms with Crippen molar-refractivity contribution in [1.29, 1.82) is 0 Å². The third-order valence-electron chi connectivity index (χ3n) is 3.93. The first-order chi connectivity index (χ1) is 12.5. The summed E-state index contributed by atoms with van der Waals surface area (Å²) >= 11 is 0. The van der Waals surface area contributed by atoms with Gasteiger partial charge in [-0.05, 0) is 26.0 Å². The Morgan fingerprint density at radius 3 is 2.44 bits per heavy atom. The van der Waals surface area contributed by atoms with Crippen LogP contribution in [-0.4, -0.2) is 35.2 Å². The smallest absolute Gasteiger partial charge is 0.406 e. The lowest BCUT2D eigenvalue weighted by molar-refractivity contribution is -0.384. The lowest BCUT2D eigenvalue weighted by Gasteiger charge is -2.12. The van der Waals surface area contributed by atoms with Crippen molar-refractivity contribution in [2.45, 2.75) is 26.6 Å². The van der Waals surface area contributed by atoms with Crippen molar-refractivity contribution in [1.82, 2.24) is 4.57 Å². The van der Waals surface area contributed by atoms with Gasteiger partial charge in [0.1, 0.15) is 6.54 Å². The molecule has 146 valence electrons. The van der Waals surface area contributed by atoms with Gasteiger partial charge in [-0.15, -0.1) is 0 Å². The number of non-ortho nitro benzene ring substituents is 1. The third-order valence-corrected chi connectivity index (χ3v) is 3.93. The lowest BCUT2D eigenvalue weighted by Crippen LogP contribution is -2.20. The minimum atomic E-state index is -4.41. The van der Waals surface area contributed by atoms with Crippen LogP contribution >= 0.6 is 0 Å². The maximum absolute atomic E-state index is 12.7. The molecule has 0 aliphatic carbocycles. The van der Waals surface area contributed by atoms with E-state index in [-0.39, 0.29) is 28.4 Å². The molecule has 1 heterocycles. The van der Waals surface area contributed by atoms with E-state index < -0.39 is 30.0 Å². The maximum Gasteiger partial charge on any atom is 0.406 e. The van der Waals surface area contributed by atoms with E-state index in [1.54, 1.807) is 0 Å². The van der Waals surface area contributed by atoms with Crippen LogP contribution < -0.4 is 9.47 Å². The van der Waals surface area contributed by atoms with E-state index in [1.165, 1.54) is 39.2 Å². The molecule has 2 aromatic rings. The number of alkyl halides is 3. The predicted molar refractivity (Wildman–Crippen MR) is 89.4 cm³/mol. The van der Waals surface area contributed by atoms with Crippen molar-refractivity contribution in [3.05, 3.63) is 51.3 Å². The summed E-state index contributed by atoms with van der Waals surface area (Å²) in [6, 6.07) is 5.00. The molecule has 0 saturated heterocycles. The number of nitro groups is 1. The highest BCUT2D eigenvalue weighted by Crippen LogP contribution is 2.31. The summed E-state index contributed by atoms with van der Waals surface area (Å²) < 4.78 is 49.4. The number of benzene rings is 1. The van der Waals surface area contributed by atoms with Gasteiger partial charge in [0, 0.05) is 23.0 Å². The van der Waals surface area contributed by atoms with Crippen LogP contribution in [0.25, 0.3) is 0 Å². The van der Waals surface area contributed by atoms with Gasteiger partial charge in [-0.25, -0.2) is 0 Å². The molecule has 7 nitrogen and oxygen atoms in total. The van der Waals surface area contributed by atoms with Gasteiger partial charge >= 0.3 is 6.18 Å². The van der Waals surface area contributed by atoms with Crippen LogP contribution in [0.15, 0.2) is 24.3 Å². The number of hydrogen-bond acceptors (Lipinski definition) is 5. The van der Waals surface area contributed by atoms with Gasteiger partial charge in [0.2, 0.25) is 5.78 Å². The average Bonchev–Trinajstić information content (AvgIpc) is 2.86. The number of aryl methyl sites for hydroxylation is 1. The second kappa shape index (κ2) is 7.68. The van der Waals surface area contributed by atoms with E-state index in [9.17, 15) is 28.1 Å². The number of carbonyl (C=O) groups is 1. The van der Waals surface area contributed by atoms with E-state index in [2.05, 4.69) is 0 Å². The number of ketones is 1. The van der Waals surface area contributed by atoms with Gasteiger partial charge in [-0.2, -0.15) is 13.2 Å². The zero-order valence-corrected chi connectivity index (χ0v) is 14.8. The zero-order valence-electron chi connectivity index (χ0n) is 14.8. The Morgan fingerprint density at radius 2 is 1.89 bits per heavy atom. The first kappa shape index (κ1) is 20.3. The number of nitro benzene ring substituents is 1. The van der Waals surface area contributed by atoms with Crippen LogP contribution in [0.4, 0.5) is 18.9 Å². The number of carbonyl (C=O) groups excluding carboxylic acids is 1. The number of methoxy groups -OCH3 is 1. The molecule has 0 aliphatic heterocycles. The summed E-state index contributed by atoms with van der Waals surface area (Å²) in [4.78, 5) is 22.5. The zero-order chi connectivity index (χ0) is 20.4. The Labute approximate surface area is 152 Å². The highest BCUT2D eigenvalue weighted by Gasteiger charge is 2.30. The van der Waals surface area contributed by atoms with Crippen molar-refractivity contribution in [3.63, 3.8) is 0 Å². The molecular weight excluding hydrogens is 369 g/mol. The molecule has 0 unspecified atom stereocenters. The van der Waals surface area contributed by atoms with Crippen molar-refractivity contribution in [3.8, 4) is 11.5 Å². The third kappa shape index (κ3) is 4.78. The number of nitrogens with zero attached hydrogens (tertiary/aromatic N) is 2. The van der Waals surface area contributed by atoms with Crippen molar-refractivity contribution >= 4 is 11.5 Å². The number of ether oxygens (including phenoxy) is 2. The Hall–Kier alpha value is -3.04. The average molecular weight is 386 g/mol. The number of halogens is 3. The Morgan fingerprint density at radius 1 is 1.22 bits per heavy atom. The standard InChI is InChI=1S/C17H17F3N2O5/c1-10-6-13(11(2)21(10)9-17(18,19)20)14(23)8-27-15-5-4-12(22(24)25)7-16(15)26-3/h4-7H,8-9H2,1-3H3. The van der Waals surface area contributed by atoms with Gasteiger partial charge in [0.25, 0.3) is 5.69 Å². The van der Waals surface area contributed by atoms with E-state index in [4.69, 9.17) is 9.47 Å². The number of Topliss-reactive ketones (excluding diaryl/α,β-unsaturated/α-hetero) is 1. The molecule has 0 spiro atoms. The van der Waals surface area contributed by atoms with Crippen LogP contribution in [0.5, 0.6) is 11.5 Å². The Bertz CT molecular complexity index is 874. The second-order valence-corrected chi connectivity index (χ2v) is 5.79. The quantitative estimate of drug-likeness (QED) is 0.410. The topological polar surface area (TPSA) is 83.6 Å². The molecule has 0 atom stereocenters. The Kier molecular flexibility index (Phi) is 5.77. The van der Waals surface area contributed by atoms with E-state index in [1.807, 2.05) is 0 Å².